The molecule has 2 fully saturated rings. The highest BCUT2D eigenvalue weighted by atomic mass is 32.2. The van der Waals surface area contributed by atoms with Crippen molar-refractivity contribution in [2.24, 2.45) is 5.92 Å². The molecule has 10 heteroatoms. The fourth-order valence-electron chi connectivity index (χ4n) is 4.40. The summed E-state index contributed by atoms with van der Waals surface area (Å²) in [6.07, 6.45) is 9.28. The number of anilines is 1. The van der Waals surface area contributed by atoms with Gasteiger partial charge in [0, 0.05) is 19.1 Å². The SMILES string of the molecule is CC1CCN(c2nnc(SC(C)C(=O)NC(=O)NC3CCCCC3)n2Cc2ccco2)CC1. The topological polar surface area (TPSA) is 105 Å². The number of thioether (sulfide) groups is 1. The molecule has 1 aliphatic heterocycles. The van der Waals surface area contributed by atoms with Crippen LogP contribution in [0.1, 0.15) is 64.6 Å². The van der Waals surface area contributed by atoms with E-state index in [0.717, 1.165) is 63.3 Å². The minimum Gasteiger partial charge on any atom is -0.467 e. The first-order chi connectivity index (χ1) is 16.0. The van der Waals surface area contributed by atoms with Crippen LogP contribution in [0, 0.1) is 5.92 Å². The van der Waals surface area contributed by atoms with E-state index in [4.69, 9.17) is 4.42 Å². The highest BCUT2D eigenvalue weighted by Gasteiger charge is 2.26. The number of imide groups is 1. The first kappa shape index (κ1) is 23.7. The van der Waals surface area contributed by atoms with Gasteiger partial charge in [-0.2, -0.15) is 0 Å². The van der Waals surface area contributed by atoms with Crippen LogP contribution in [0.3, 0.4) is 0 Å². The van der Waals surface area contributed by atoms with E-state index < -0.39 is 11.3 Å². The lowest BCUT2D eigenvalue weighted by atomic mass is 9.96. The van der Waals surface area contributed by atoms with E-state index in [1.807, 2.05) is 16.7 Å². The normalized spacial score (nSPS) is 18.8. The Morgan fingerprint density at radius 2 is 1.94 bits per heavy atom. The highest BCUT2D eigenvalue weighted by Crippen LogP contribution is 2.29. The van der Waals surface area contributed by atoms with Gasteiger partial charge in [0.05, 0.1) is 18.1 Å². The van der Waals surface area contributed by atoms with Gasteiger partial charge in [-0.25, -0.2) is 4.79 Å². The van der Waals surface area contributed by atoms with Crippen molar-refractivity contribution >= 4 is 29.6 Å². The first-order valence-corrected chi connectivity index (χ1v) is 12.9. The van der Waals surface area contributed by atoms with E-state index in [-0.39, 0.29) is 11.9 Å². The van der Waals surface area contributed by atoms with Crippen molar-refractivity contribution in [2.45, 2.75) is 81.8 Å². The van der Waals surface area contributed by atoms with Crippen LogP contribution in [0.2, 0.25) is 0 Å². The molecule has 9 nitrogen and oxygen atoms in total. The molecular weight excluding hydrogens is 440 g/mol. The number of amides is 3. The highest BCUT2D eigenvalue weighted by molar-refractivity contribution is 8.00. The fraction of sp³-hybridized carbons (Fsp3) is 0.652. The predicted molar refractivity (Wildman–Crippen MR) is 127 cm³/mol. The monoisotopic (exact) mass is 474 g/mol. The van der Waals surface area contributed by atoms with E-state index in [9.17, 15) is 9.59 Å². The minimum absolute atomic E-state index is 0.153. The van der Waals surface area contributed by atoms with Crippen LogP contribution in [0.25, 0.3) is 0 Å². The van der Waals surface area contributed by atoms with Gasteiger partial charge in [0.25, 0.3) is 0 Å². The third kappa shape index (κ3) is 6.31. The first-order valence-electron chi connectivity index (χ1n) is 12.0. The van der Waals surface area contributed by atoms with E-state index in [2.05, 4.69) is 32.7 Å². The number of nitrogens with zero attached hydrogens (tertiary/aromatic N) is 4. The van der Waals surface area contributed by atoms with Crippen LogP contribution in [-0.4, -0.2) is 51.1 Å². The Hall–Kier alpha value is -2.49. The van der Waals surface area contributed by atoms with Crippen LogP contribution >= 0.6 is 11.8 Å². The average molecular weight is 475 g/mol. The third-order valence-electron chi connectivity index (χ3n) is 6.49. The summed E-state index contributed by atoms with van der Waals surface area (Å²) in [7, 11) is 0. The molecule has 2 aliphatic rings. The smallest absolute Gasteiger partial charge is 0.321 e. The molecular formula is C23H34N6O3S. The van der Waals surface area contributed by atoms with E-state index in [0.29, 0.717) is 17.6 Å². The number of hydrogen-bond donors (Lipinski definition) is 2. The summed E-state index contributed by atoms with van der Waals surface area (Å²) < 4.78 is 7.57. The molecule has 3 amide bonds. The van der Waals surface area contributed by atoms with Gasteiger partial charge in [-0.1, -0.05) is 37.9 Å². The second-order valence-electron chi connectivity index (χ2n) is 9.18. The zero-order valence-electron chi connectivity index (χ0n) is 19.5. The maximum absolute atomic E-state index is 12.7. The predicted octanol–water partition coefficient (Wildman–Crippen LogP) is 3.79. The summed E-state index contributed by atoms with van der Waals surface area (Å²) in [6, 6.07) is 3.51. The summed E-state index contributed by atoms with van der Waals surface area (Å²) in [5, 5.41) is 14.4. The molecule has 1 unspecified atom stereocenters. The van der Waals surface area contributed by atoms with Gasteiger partial charge < -0.3 is 14.6 Å². The maximum Gasteiger partial charge on any atom is 0.321 e. The third-order valence-corrected chi connectivity index (χ3v) is 7.57. The Morgan fingerprint density at radius 3 is 2.64 bits per heavy atom. The van der Waals surface area contributed by atoms with E-state index >= 15 is 0 Å². The molecule has 33 heavy (non-hydrogen) atoms. The number of carbonyl (C=O) groups is 2. The summed E-state index contributed by atoms with van der Waals surface area (Å²) in [5.41, 5.74) is 0. The molecule has 1 saturated carbocycles. The summed E-state index contributed by atoms with van der Waals surface area (Å²) >= 11 is 1.30. The number of hydrogen-bond acceptors (Lipinski definition) is 7. The van der Waals surface area contributed by atoms with Gasteiger partial charge in [-0.05, 0) is 50.7 Å². The van der Waals surface area contributed by atoms with Crippen molar-refractivity contribution in [2.75, 3.05) is 18.0 Å². The lowest BCUT2D eigenvalue weighted by Crippen LogP contribution is -2.47. The molecule has 3 heterocycles. The Kier molecular flexibility index (Phi) is 7.95. The van der Waals surface area contributed by atoms with Gasteiger partial charge >= 0.3 is 6.03 Å². The van der Waals surface area contributed by atoms with Crippen molar-refractivity contribution in [3.05, 3.63) is 24.2 Å². The second kappa shape index (κ2) is 11.1. The van der Waals surface area contributed by atoms with Crippen molar-refractivity contribution in [1.82, 2.24) is 25.4 Å². The van der Waals surface area contributed by atoms with E-state index in [1.54, 1.807) is 13.2 Å². The molecule has 0 bridgehead atoms. The number of carbonyl (C=O) groups excluding carboxylic acids is 2. The van der Waals surface area contributed by atoms with Gasteiger partial charge in [0.2, 0.25) is 11.9 Å². The quantitative estimate of drug-likeness (QED) is 0.588. The lowest BCUT2D eigenvalue weighted by molar-refractivity contribution is -0.119. The van der Waals surface area contributed by atoms with Gasteiger partial charge in [0.15, 0.2) is 5.16 Å². The van der Waals surface area contributed by atoms with Crippen LogP contribution in [0.15, 0.2) is 28.0 Å². The fourth-order valence-corrected chi connectivity index (χ4v) is 5.24. The Bertz CT molecular complexity index is 917. The van der Waals surface area contributed by atoms with Crippen molar-refractivity contribution in [3.63, 3.8) is 0 Å². The number of rotatable bonds is 7. The number of furan rings is 1. The molecule has 0 spiro atoms. The minimum atomic E-state index is -0.504. The maximum atomic E-state index is 12.7. The number of urea groups is 1. The zero-order chi connectivity index (χ0) is 23.2. The number of piperidine rings is 1. The number of aromatic nitrogens is 3. The second-order valence-corrected chi connectivity index (χ2v) is 10.5. The lowest BCUT2D eigenvalue weighted by Gasteiger charge is -2.31. The summed E-state index contributed by atoms with van der Waals surface area (Å²) in [5.74, 6) is 1.96. The Balaban J connectivity index is 1.41. The Morgan fingerprint density at radius 1 is 1.18 bits per heavy atom. The molecule has 1 saturated heterocycles. The molecule has 4 rings (SSSR count). The summed E-state index contributed by atoms with van der Waals surface area (Å²) in [6.45, 7) is 6.40. The van der Waals surface area contributed by atoms with Crippen molar-refractivity contribution in [3.8, 4) is 0 Å². The van der Waals surface area contributed by atoms with Crippen LogP contribution < -0.4 is 15.5 Å². The number of nitrogens with one attached hydrogen (secondary N) is 2. The summed E-state index contributed by atoms with van der Waals surface area (Å²) in [4.78, 5) is 27.2. The largest absolute Gasteiger partial charge is 0.467 e. The zero-order valence-corrected chi connectivity index (χ0v) is 20.3. The molecule has 180 valence electrons. The van der Waals surface area contributed by atoms with Crippen LogP contribution in [0.5, 0.6) is 0 Å². The molecule has 0 aromatic carbocycles. The van der Waals surface area contributed by atoms with E-state index in [1.165, 1.54) is 18.2 Å². The van der Waals surface area contributed by atoms with Crippen LogP contribution in [-0.2, 0) is 11.3 Å². The molecule has 1 aliphatic carbocycles. The standard InChI is InChI=1S/C23H34N6O3S/c1-16-10-12-28(13-11-16)22-26-27-23(29(22)15-19-9-6-14-32-19)33-17(2)20(30)25-21(31)24-18-7-4-3-5-8-18/h6,9,14,16-18H,3-5,7-8,10-13,15H2,1-2H3,(H2,24,25,30,31). The molecule has 0 radical (unpaired) electrons. The van der Waals surface area contributed by atoms with Crippen LogP contribution in [0.4, 0.5) is 10.7 Å². The Labute approximate surface area is 199 Å². The molecule has 2 aromatic heterocycles. The van der Waals surface area contributed by atoms with Crippen molar-refractivity contribution in [1.29, 1.82) is 0 Å². The van der Waals surface area contributed by atoms with Crippen molar-refractivity contribution < 1.29 is 14.0 Å². The molecule has 1 atom stereocenters. The average Bonchev–Trinajstić information content (AvgIpc) is 3.46. The molecule has 2 N–H and O–H groups in total. The van der Waals surface area contributed by atoms with Gasteiger partial charge in [0.1, 0.15) is 5.76 Å². The molecule has 2 aromatic rings. The van der Waals surface area contributed by atoms with Gasteiger partial charge in [-0.15, -0.1) is 10.2 Å². The van der Waals surface area contributed by atoms with Gasteiger partial charge in [-0.3, -0.25) is 14.7 Å².